The molecule has 1 heterocycles. The molecule has 0 bridgehead atoms. The van der Waals surface area contributed by atoms with Gasteiger partial charge in [-0.25, -0.2) is 0 Å². The Morgan fingerprint density at radius 3 is 2.93 bits per heavy atom. The smallest absolute Gasteiger partial charge is 0.241 e. The molecule has 1 atom stereocenters. The molecule has 1 aromatic rings. The molecule has 1 aromatic carbocycles. The number of halogens is 1. The molecule has 0 radical (unpaired) electrons. The Labute approximate surface area is 97.4 Å². The number of hydrogen-bond donors (Lipinski definition) is 2. The molecule has 0 aliphatic carbocycles. The van der Waals surface area contributed by atoms with Gasteiger partial charge in [-0.3, -0.25) is 4.79 Å². The number of rotatable bonds is 2. The molecule has 1 fully saturated rings. The van der Waals surface area contributed by atoms with Crippen molar-refractivity contribution in [3.05, 3.63) is 28.7 Å². The Balaban J connectivity index is 2.02. The van der Waals surface area contributed by atoms with Crippen molar-refractivity contribution < 1.29 is 4.79 Å². The van der Waals surface area contributed by atoms with Crippen molar-refractivity contribution in [3.8, 4) is 0 Å². The van der Waals surface area contributed by atoms with Crippen molar-refractivity contribution in [2.24, 2.45) is 0 Å². The van der Waals surface area contributed by atoms with Gasteiger partial charge in [0.2, 0.25) is 5.91 Å². The van der Waals surface area contributed by atoms with E-state index in [9.17, 15) is 4.79 Å². The number of carbonyl (C=O) groups excluding carboxylic acids is 1. The first-order valence-electron chi connectivity index (χ1n) is 5.06. The average Bonchev–Trinajstić information content (AvgIpc) is 2.74. The fraction of sp³-hybridized carbons (Fsp3) is 0.364. The Hall–Kier alpha value is -0.870. The van der Waals surface area contributed by atoms with Gasteiger partial charge in [0.05, 0.1) is 11.7 Å². The molecule has 1 aliphatic rings. The third-order valence-electron chi connectivity index (χ3n) is 2.51. The summed E-state index contributed by atoms with van der Waals surface area (Å²) in [4.78, 5) is 11.8. The lowest BCUT2D eigenvalue weighted by Gasteiger charge is -2.11. The zero-order valence-electron chi connectivity index (χ0n) is 8.29. The summed E-state index contributed by atoms with van der Waals surface area (Å²) in [6.45, 7) is 0.939. The quantitative estimate of drug-likeness (QED) is 0.863. The molecular formula is C11H13BrN2O. The highest BCUT2D eigenvalue weighted by Crippen LogP contribution is 2.21. The molecule has 4 heteroatoms. The molecule has 2 N–H and O–H groups in total. The minimum absolute atomic E-state index is 0.0305. The first-order chi connectivity index (χ1) is 7.27. The van der Waals surface area contributed by atoms with Crippen LogP contribution in [-0.4, -0.2) is 18.5 Å². The van der Waals surface area contributed by atoms with Crippen molar-refractivity contribution in [1.29, 1.82) is 0 Å². The maximum absolute atomic E-state index is 11.8. The summed E-state index contributed by atoms with van der Waals surface area (Å²) in [5.41, 5.74) is 0.830. The molecule has 80 valence electrons. The molecule has 0 saturated carbocycles. The number of hydrogen-bond acceptors (Lipinski definition) is 2. The van der Waals surface area contributed by atoms with Gasteiger partial charge in [-0.15, -0.1) is 0 Å². The molecule has 1 aliphatic heterocycles. The molecule has 1 amide bonds. The lowest BCUT2D eigenvalue weighted by molar-refractivity contribution is -0.117. The Kier molecular flexibility index (Phi) is 3.38. The molecule has 1 unspecified atom stereocenters. The van der Waals surface area contributed by atoms with Gasteiger partial charge in [0, 0.05) is 4.47 Å². The second-order valence-electron chi connectivity index (χ2n) is 3.62. The van der Waals surface area contributed by atoms with Crippen LogP contribution in [0.1, 0.15) is 12.8 Å². The zero-order valence-corrected chi connectivity index (χ0v) is 9.88. The van der Waals surface area contributed by atoms with Crippen LogP contribution in [0.2, 0.25) is 0 Å². The summed E-state index contributed by atoms with van der Waals surface area (Å²) < 4.78 is 0.913. The van der Waals surface area contributed by atoms with Crippen LogP contribution in [-0.2, 0) is 4.79 Å². The highest BCUT2D eigenvalue weighted by molar-refractivity contribution is 9.10. The van der Waals surface area contributed by atoms with E-state index >= 15 is 0 Å². The summed E-state index contributed by atoms with van der Waals surface area (Å²) in [5.74, 6) is 0.0550. The normalized spacial score (nSPS) is 20.2. The highest BCUT2D eigenvalue weighted by Gasteiger charge is 2.22. The van der Waals surface area contributed by atoms with Gasteiger partial charge < -0.3 is 10.6 Å². The molecular weight excluding hydrogens is 256 g/mol. The summed E-state index contributed by atoms with van der Waals surface area (Å²) in [6, 6.07) is 7.60. The topological polar surface area (TPSA) is 41.1 Å². The van der Waals surface area contributed by atoms with E-state index in [1.807, 2.05) is 24.3 Å². The SMILES string of the molecule is O=C(Nc1ccccc1Br)C1CCCN1. The van der Waals surface area contributed by atoms with Crippen LogP contribution < -0.4 is 10.6 Å². The number of amides is 1. The molecule has 0 aromatic heterocycles. The standard InChI is InChI=1S/C11H13BrN2O/c12-8-4-1-2-5-9(8)14-11(15)10-6-3-7-13-10/h1-2,4-5,10,13H,3,6-7H2,(H,14,15). The Bertz CT molecular complexity index is 361. The molecule has 1 saturated heterocycles. The van der Waals surface area contributed by atoms with Crippen molar-refractivity contribution in [2.75, 3.05) is 11.9 Å². The summed E-state index contributed by atoms with van der Waals surface area (Å²) >= 11 is 3.40. The van der Waals surface area contributed by atoms with Crippen LogP contribution in [0.4, 0.5) is 5.69 Å². The minimum atomic E-state index is -0.0305. The largest absolute Gasteiger partial charge is 0.324 e. The van der Waals surface area contributed by atoms with Crippen LogP contribution in [0.15, 0.2) is 28.7 Å². The second kappa shape index (κ2) is 4.77. The Morgan fingerprint density at radius 2 is 2.27 bits per heavy atom. The highest BCUT2D eigenvalue weighted by atomic mass is 79.9. The van der Waals surface area contributed by atoms with E-state index in [1.54, 1.807) is 0 Å². The third-order valence-corrected chi connectivity index (χ3v) is 3.20. The van der Waals surface area contributed by atoms with Gasteiger partial charge in [-0.05, 0) is 47.4 Å². The number of benzene rings is 1. The molecule has 0 spiro atoms. The van der Waals surface area contributed by atoms with E-state index < -0.39 is 0 Å². The zero-order chi connectivity index (χ0) is 10.7. The van der Waals surface area contributed by atoms with E-state index in [1.165, 1.54) is 0 Å². The van der Waals surface area contributed by atoms with Gasteiger partial charge in [-0.1, -0.05) is 12.1 Å². The number of nitrogens with one attached hydrogen (secondary N) is 2. The van der Waals surface area contributed by atoms with Gasteiger partial charge in [-0.2, -0.15) is 0 Å². The third kappa shape index (κ3) is 2.58. The van der Waals surface area contributed by atoms with Crippen molar-refractivity contribution >= 4 is 27.5 Å². The predicted octanol–water partition coefficient (Wildman–Crippen LogP) is 2.14. The predicted molar refractivity (Wildman–Crippen MR) is 63.8 cm³/mol. The monoisotopic (exact) mass is 268 g/mol. The van der Waals surface area contributed by atoms with E-state index in [0.29, 0.717) is 0 Å². The van der Waals surface area contributed by atoms with Gasteiger partial charge >= 0.3 is 0 Å². The fourth-order valence-electron chi connectivity index (χ4n) is 1.69. The summed E-state index contributed by atoms with van der Waals surface area (Å²) in [6.07, 6.45) is 2.00. The van der Waals surface area contributed by atoms with E-state index in [4.69, 9.17) is 0 Å². The van der Waals surface area contributed by atoms with E-state index in [0.717, 1.165) is 29.5 Å². The lowest BCUT2D eigenvalue weighted by atomic mass is 10.2. The average molecular weight is 269 g/mol. The second-order valence-corrected chi connectivity index (χ2v) is 4.47. The Morgan fingerprint density at radius 1 is 1.47 bits per heavy atom. The maximum atomic E-state index is 11.8. The summed E-state index contributed by atoms with van der Waals surface area (Å²) in [5, 5.41) is 6.07. The van der Waals surface area contributed by atoms with Crippen LogP contribution in [0.3, 0.4) is 0 Å². The maximum Gasteiger partial charge on any atom is 0.241 e. The van der Waals surface area contributed by atoms with Gasteiger partial charge in [0.15, 0.2) is 0 Å². The summed E-state index contributed by atoms with van der Waals surface area (Å²) in [7, 11) is 0. The first-order valence-corrected chi connectivity index (χ1v) is 5.85. The van der Waals surface area contributed by atoms with Gasteiger partial charge in [0.1, 0.15) is 0 Å². The number of carbonyl (C=O) groups is 1. The van der Waals surface area contributed by atoms with Crippen LogP contribution in [0.5, 0.6) is 0 Å². The molecule has 15 heavy (non-hydrogen) atoms. The number of para-hydroxylation sites is 1. The number of anilines is 1. The van der Waals surface area contributed by atoms with Crippen LogP contribution in [0, 0.1) is 0 Å². The molecule has 2 rings (SSSR count). The van der Waals surface area contributed by atoms with Gasteiger partial charge in [0.25, 0.3) is 0 Å². The lowest BCUT2D eigenvalue weighted by Crippen LogP contribution is -2.35. The van der Waals surface area contributed by atoms with E-state index in [2.05, 4.69) is 26.6 Å². The minimum Gasteiger partial charge on any atom is -0.324 e. The van der Waals surface area contributed by atoms with Crippen LogP contribution in [0.25, 0.3) is 0 Å². The first kappa shape index (κ1) is 10.6. The van der Waals surface area contributed by atoms with Crippen molar-refractivity contribution in [2.45, 2.75) is 18.9 Å². The van der Waals surface area contributed by atoms with Crippen molar-refractivity contribution in [1.82, 2.24) is 5.32 Å². The molecule has 3 nitrogen and oxygen atoms in total. The van der Waals surface area contributed by atoms with Crippen LogP contribution >= 0.6 is 15.9 Å². The fourth-order valence-corrected chi connectivity index (χ4v) is 2.07. The van der Waals surface area contributed by atoms with Crippen molar-refractivity contribution in [3.63, 3.8) is 0 Å². The van der Waals surface area contributed by atoms with E-state index in [-0.39, 0.29) is 11.9 Å².